The van der Waals surface area contributed by atoms with Crippen LogP contribution in [0.4, 0.5) is 0 Å². The number of hydrogen-bond acceptors (Lipinski definition) is 4. The van der Waals surface area contributed by atoms with Crippen LogP contribution in [0.1, 0.15) is 13.8 Å². The Bertz CT molecular complexity index is 192. The summed E-state index contributed by atoms with van der Waals surface area (Å²) in [5.74, 6) is -2.04. The molecule has 0 spiro atoms. The summed E-state index contributed by atoms with van der Waals surface area (Å²) in [5.41, 5.74) is 0.344. The highest BCUT2D eigenvalue weighted by Gasteiger charge is 2.28. The molecule has 1 N–H and O–H groups in total. The van der Waals surface area contributed by atoms with Gasteiger partial charge in [-0.3, -0.25) is 4.89 Å². The van der Waals surface area contributed by atoms with Crippen LogP contribution in [0.25, 0.3) is 0 Å². The highest BCUT2D eigenvalue weighted by atomic mass is 17.2. The maximum absolute atomic E-state index is 10.6. The van der Waals surface area contributed by atoms with Gasteiger partial charge in [0.2, 0.25) is 5.79 Å². The molecule has 0 amide bonds. The first-order chi connectivity index (χ1) is 4.51. The average molecular weight is 144 g/mol. The fourth-order valence-electron chi connectivity index (χ4n) is 0.673. The number of hydrogen-bond donors (Lipinski definition) is 1. The molecule has 0 radical (unpaired) electrons. The summed E-state index contributed by atoms with van der Waals surface area (Å²) in [4.78, 5) is 19.0. The van der Waals surface area contributed by atoms with E-state index in [1.165, 1.54) is 13.0 Å². The van der Waals surface area contributed by atoms with Crippen LogP contribution < -0.4 is 0 Å². The highest BCUT2D eigenvalue weighted by molar-refractivity contribution is 5.87. The smallest absolute Gasteiger partial charge is 0.360 e. The Morgan fingerprint density at radius 3 is 2.70 bits per heavy atom. The van der Waals surface area contributed by atoms with Crippen molar-refractivity contribution in [3.05, 3.63) is 11.6 Å². The maximum atomic E-state index is 10.6. The van der Waals surface area contributed by atoms with Crippen LogP contribution in [0, 0.1) is 0 Å². The van der Waals surface area contributed by atoms with Crippen LogP contribution in [-0.4, -0.2) is 16.9 Å². The molecule has 0 aromatic carbocycles. The number of rotatable bonds is 0. The molecule has 1 rings (SSSR count). The van der Waals surface area contributed by atoms with Crippen LogP contribution in [-0.2, 0) is 14.6 Å². The van der Waals surface area contributed by atoms with Gasteiger partial charge >= 0.3 is 5.97 Å². The lowest BCUT2D eigenvalue weighted by Gasteiger charge is -2.21. The fourth-order valence-corrected chi connectivity index (χ4v) is 0.673. The zero-order chi connectivity index (χ0) is 7.78. The molecule has 0 saturated heterocycles. The van der Waals surface area contributed by atoms with Crippen molar-refractivity contribution in [3.8, 4) is 0 Å². The first-order valence-corrected chi connectivity index (χ1v) is 2.83. The molecule has 1 aliphatic rings. The first kappa shape index (κ1) is 7.24. The van der Waals surface area contributed by atoms with Crippen molar-refractivity contribution < 1.29 is 19.7 Å². The summed E-state index contributed by atoms with van der Waals surface area (Å²) >= 11 is 0. The summed E-state index contributed by atoms with van der Waals surface area (Å²) in [6, 6.07) is 0. The third-order valence-electron chi connectivity index (χ3n) is 1.09. The molecule has 0 bridgehead atoms. The monoisotopic (exact) mass is 144 g/mol. The van der Waals surface area contributed by atoms with E-state index in [0.29, 0.717) is 5.57 Å². The topological polar surface area (TPSA) is 55.8 Å². The molecule has 4 heteroatoms. The molecule has 0 aromatic heterocycles. The second-order valence-electron chi connectivity index (χ2n) is 2.34. The van der Waals surface area contributed by atoms with Gasteiger partial charge in [-0.05, 0) is 19.9 Å². The minimum absolute atomic E-state index is 0.344. The number of carbonyl (C=O) groups is 1. The summed E-state index contributed by atoms with van der Waals surface area (Å²) in [7, 11) is 0. The van der Waals surface area contributed by atoms with Crippen molar-refractivity contribution in [2.45, 2.75) is 19.6 Å². The third kappa shape index (κ3) is 1.34. The van der Waals surface area contributed by atoms with Crippen LogP contribution in [0.2, 0.25) is 0 Å². The van der Waals surface area contributed by atoms with E-state index in [-0.39, 0.29) is 0 Å². The zero-order valence-electron chi connectivity index (χ0n) is 5.75. The van der Waals surface area contributed by atoms with E-state index in [9.17, 15) is 4.79 Å². The molecule has 1 atom stereocenters. The van der Waals surface area contributed by atoms with E-state index in [1.54, 1.807) is 6.92 Å². The molecule has 0 fully saturated rings. The van der Waals surface area contributed by atoms with Gasteiger partial charge in [0.15, 0.2) is 0 Å². The molecule has 4 nitrogen and oxygen atoms in total. The number of carbonyl (C=O) groups excluding carboxylic acids is 1. The molecule has 1 aliphatic heterocycles. The SMILES string of the molecule is CC1=CC(C)(O)OOC1=O. The van der Waals surface area contributed by atoms with E-state index in [0.717, 1.165) is 0 Å². The summed E-state index contributed by atoms with van der Waals surface area (Å²) in [6.07, 6.45) is 1.29. The fraction of sp³-hybridized carbons (Fsp3) is 0.500. The standard InChI is InChI=1S/C6H8O4/c1-4-3-6(2,8)10-9-5(4)7/h3,8H,1-2H3. The normalized spacial score (nSPS) is 33.1. The van der Waals surface area contributed by atoms with Crippen LogP contribution >= 0.6 is 0 Å². The summed E-state index contributed by atoms with van der Waals surface area (Å²) in [6.45, 7) is 2.92. The lowest BCUT2D eigenvalue weighted by atomic mass is 10.2. The Labute approximate surface area is 58.0 Å². The molecule has 1 heterocycles. The third-order valence-corrected chi connectivity index (χ3v) is 1.09. The molecular weight excluding hydrogens is 136 g/mol. The van der Waals surface area contributed by atoms with Gasteiger partial charge in [-0.1, -0.05) is 0 Å². The van der Waals surface area contributed by atoms with E-state index in [1.807, 2.05) is 0 Å². The van der Waals surface area contributed by atoms with Gasteiger partial charge in [-0.15, -0.1) is 4.89 Å². The van der Waals surface area contributed by atoms with Crippen molar-refractivity contribution in [1.82, 2.24) is 0 Å². The van der Waals surface area contributed by atoms with E-state index in [2.05, 4.69) is 9.78 Å². The zero-order valence-corrected chi connectivity index (χ0v) is 5.75. The van der Waals surface area contributed by atoms with E-state index < -0.39 is 11.8 Å². The predicted molar refractivity (Wildman–Crippen MR) is 31.6 cm³/mol. The van der Waals surface area contributed by atoms with Crippen LogP contribution in [0.5, 0.6) is 0 Å². The molecule has 10 heavy (non-hydrogen) atoms. The van der Waals surface area contributed by atoms with Gasteiger partial charge in [0, 0.05) is 5.57 Å². The van der Waals surface area contributed by atoms with Gasteiger partial charge in [0.1, 0.15) is 0 Å². The van der Waals surface area contributed by atoms with Gasteiger partial charge < -0.3 is 5.11 Å². The van der Waals surface area contributed by atoms with E-state index in [4.69, 9.17) is 5.11 Å². The molecule has 56 valence electrons. The van der Waals surface area contributed by atoms with Crippen molar-refractivity contribution in [2.24, 2.45) is 0 Å². The second kappa shape index (κ2) is 2.07. The largest absolute Gasteiger partial charge is 0.368 e. The van der Waals surface area contributed by atoms with Crippen LogP contribution in [0.15, 0.2) is 11.6 Å². The van der Waals surface area contributed by atoms with E-state index >= 15 is 0 Å². The lowest BCUT2D eigenvalue weighted by molar-refractivity contribution is -0.373. The lowest BCUT2D eigenvalue weighted by Crippen LogP contribution is -2.32. The number of aliphatic hydroxyl groups is 1. The quantitative estimate of drug-likeness (QED) is 0.491. The Morgan fingerprint density at radius 1 is 1.70 bits per heavy atom. The Balaban J connectivity index is 2.86. The molecule has 1 unspecified atom stereocenters. The highest BCUT2D eigenvalue weighted by Crippen LogP contribution is 2.17. The second-order valence-corrected chi connectivity index (χ2v) is 2.34. The molecule has 0 saturated carbocycles. The van der Waals surface area contributed by atoms with Crippen molar-refractivity contribution in [2.75, 3.05) is 0 Å². The Kier molecular flexibility index (Phi) is 1.50. The van der Waals surface area contributed by atoms with Gasteiger partial charge in [0.05, 0.1) is 0 Å². The van der Waals surface area contributed by atoms with Crippen molar-refractivity contribution in [3.63, 3.8) is 0 Å². The Morgan fingerprint density at radius 2 is 2.30 bits per heavy atom. The van der Waals surface area contributed by atoms with Crippen LogP contribution in [0.3, 0.4) is 0 Å². The summed E-state index contributed by atoms with van der Waals surface area (Å²) in [5, 5.41) is 9.09. The molecule has 0 aliphatic carbocycles. The van der Waals surface area contributed by atoms with Gasteiger partial charge in [-0.25, -0.2) is 4.79 Å². The summed E-state index contributed by atoms with van der Waals surface area (Å²) < 4.78 is 0. The van der Waals surface area contributed by atoms with Gasteiger partial charge in [0.25, 0.3) is 0 Å². The maximum Gasteiger partial charge on any atom is 0.368 e. The predicted octanol–water partition coefficient (Wildman–Crippen LogP) is 0.130. The minimum Gasteiger partial charge on any atom is -0.360 e. The molecule has 0 aromatic rings. The minimum atomic E-state index is -1.47. The van der Waals surface area contributed by atoms with Crippen molar-refractivity contribution >= 4 is 5.97 Å². The van der Waals surface area contributed by atoms with Gasteiger partial charge in [-0.2, -0.15) is 0 Å². The van der Waals surface area contributed by atoms with Crippen molar-refractivity contribution in [1.29, 1.82) is 0 Å². The average Bonchev–Trinajstić information content (AvgIpc) is 1.79. The first-order valence-electron chi connectivity index (χ1n) is 2.83. The molecular formula is C6H8O4. The Hall–Kier alpha value is -0.870.